The highest BCUT2D eigenvalue weighted by Crippen LogP contribution is 2.20. The van der Waals surface area contributed by atoms with Gasteiger partial charge in [-0.25, -0.2) is 4.98 Å². The normalized spacial score (nSPS) is 14.7. The molecule has 0 saturated carbocycles. The molecule has 1 rings (SSSR count). The fourth-order valence-electron chi connectivity index (χ4n) is 1.05. The summed E-state index contributed by atoms with van der Waals surface area (Å²) in [6.07, 6.45) is 0.972. The van der Waals surface area contributed by atoms with Crippen molar-refractivity contribution in [2.45, 2.75) is 32.0 Å². The Morgan fingerprint density at radius 1 is 1.73 bits per heavy atom. The largest absolute Gasteiger partial charge is 0.301 e. The summed E-state index contributed by atoms with van der Waals surface area (Å²) in [5.41, 5.74) is 0.935. The summed E-state index contributed by atoms with van der Waals surface area (Å²) in [7, 11) is 0. The van der Waals surface area contributed by atoms with E-state index in [1.165, 1.54) is 11.3 Å². The van der Waals surface area contributed by atoms with E-state index < -0.39 is 0 Å². The SMILES string of the molecule is CCC(C)C(Br)C(=O)Nc1nc(C)cs1. The molecule has 1 aromatic rings. The number of amides is 1. The Hall–Kier alpha value is -0.420. The minimum absolute atomic E-state index is 0.0151. The Morgan fingerprint density at radius 2 is 2.40 bits per heavy atom. The second-order valence-corrected chi connectivity index (χ2v) is 5.42. The van der Waals surface area contributed by atoms with E-state index in [4.69, 9.17) is 0 Å². The van der Waals surface area contributed by atoms with E-state index in [1.54, 1.807) is 0 Å². The van der Waals surface area contributed by atoms with Gasteiger partial charge in [-0.15, -0.1) is 11.3 Å². The number of nitrogens with zero attached hydrogens (tertiary/aromatic N) is 1. The second-order valence-electron chi connectivity index (χ2n) is 3.57. The molecule has 2 unspecified atom stereocenters. The van der Waals surface area contributed by atoms with Crippen LogP contribution in [0.4, 0.5) is 5.13 Å². The number of halogens is 1. The Bertz CT molecular complexity index is 340. The summed E-state index contributed by atoms with van der Waals surface area (Å²) in [5, 5.41) is 5.39. The van der Waals surface area contributed by atoms with Gasteiger partial charge in [0.15, 0.2) is 5.13 Å². The summed E-state index contributed by atoms with van der Waals surface area (Å²) in [5.74, 6) is 0.310. The summed E-state index contributed by atoms with van der Waals surface area (Å²) >= 11 is 4.85. The lowest BCUT2D eigenvalue weighted by Gasteiger charge is -2.14. The number of nitrogens with one attached hydrogen (secondary N) is 1. The number of anilines is 1. The maximum atomic E-state index is 11.7. The molecule has 3 nitrogen and oxygen atoms in total. The highest BCUT2D eigenvalue weighted by atomic mass is 79.9. The van der Waals surface area contributed by atoms with Crippen LogP contribution in [0.15, 0.2) is 5.38 Å². The molecular weight excluding hydrogens is 276 g/mol. The van der Waals surface area contributed by atoms with Gasteiger partial charge in [0.2, 0.25) is 5.91 Å². The molecule has 15 heavy (non-hydrogen) atoms. The van der Waals surface area contributed by atoms with Crippen LogP contribution in [0.1, 0.15) is 26.0 Å². The molecule has 0 aliphatic rings. The molecule has 1 N–H and O–H groups in total. The monoisotopic (exact) mass is 290 g/mol. The predicted octanol–water partition coefficient (Wildman–Crippen LogP) is 3.20. The molecular formula is C10H15BrN2OS. The highest BCUT2D eigenvalue weighted by Gasteiger charge is 2.21. The van der Waals surface area contributed by atoms with Crippen LogP contribution < -0.4 is 5.32 Å². The topological polar surface area (TPSA) is 42.0 Å². The van der Waals surface area contributed by atoms with E-state index in [2.05, 4.69) is 33.2 Å². The zero-order valence-corrected chi connectivity index (χ0v) is 11.5. The van der Waals surface area contributed by atoms with Crippen molar-refractivity contribution in [3.63, 3.8) is 0 Å². The fraction of sp³-hybridized carbons (Fsp3) is 0.600. The Morgan fingerprint density at radius 3 is 2.87 bits per heavy atom. The number of alkyl halides is 1. The standard InChI is InChI=1S/C10H15BrN2OS/c1-4-6(2)8(11)9(14)13-10-12-7(3)5-15-10/h5-6,8H,4H2,1-3H3,(H,12,13,14). The van der Waals surface area contributed by atoms with Crippen molar-refractivity contribution < 1.29 is 4.79 Å². The molecule has 1 heterocycles. The van der Waals surface area contributed by atoms with Gasteiger partial charge in [-0.2, -0.15) is 0 Å². The molecule has 1 aromatic heterocycles. The van der Waals surface area contributed by atoms with Crippen LogP contribution in [0.5, 0.6) is 0 Å². The maximum Gasteiger partial charge on any atom is 0.240 e. The number of aryl methyl sites for hydroxylation is 1. The molecule has 0 bridgehead atoms. The first kappa shape index (κ1) is 12.6. The van der Waals surface area contributed by atoms with E-state index >= 15 is 0 Å². The van der Waals surface area contributed by atoms with Gasteiger partial charge >= 0.3 is 0 Å². The van der Waals surface area contributed by atoms with E-state index in [9.17, 15) is 4.79 Å². The number of thiazole rings is 1. The first-order chi connectivity index (χ1) is 7.04. The third-order valence-electron chi connectivity index (χ3n) is 2.24. The molecule has 0 spiro atoms. The predicted molar refractivity (Wildman–Crippen MR) is 67.7 cm³/mol. The van der Waals surface area contributed by atoms with Crippen LogP contribution in [-0.2, 0) is 4.79 Å². The van der Waals surface area contributed by atoms with Crippen molar-refractivity contribution in [1.82, 2.24) is 4.98 Å². The molecule has 0 aliphatic heterocycles. The number of hydrogen-bond acceptors (Lipinski definition) is 3. The van der Waals surface area contributed by atoms with Crippen molar-refractivity contribution in [3.8, 4) is 0 Å². The number of carbonyl (C=O) groups is 1. The Kier molecular flexibility index (Phi) is 4.73. The van der Waals surface area contributed by atoms with Crippen LogP contribution in [0.25, 0.3) is 0 Å². The molecule has 2 atom stereocenters. The Labute approximate surface area is 102 Å². The Balaban J connectivity index is 2.55. The van der Waals surface area contributed by atoms with E-state index in [0.717, 1.165) is 12.1 Å². The molecule has 0 aromatic carbocycles. The lowest BCUT2D eigenvalue weighted by atomic mass is 10.1. The van der Waals surface area contributed by atoms with Crippen molar-refractivity contribution in [2.75, 3.05) is 5.32 Å². The summed E-state index contributed by atoms with van der Waals surface area (Å²) in [6, 6.07) is 0. The summed E-state index contributed by atoms with van der Waals surface area (Å²) in [4.78, 5) is 15.8. The van der Waals surface area contributed by atoms with Crippen LogP contribution in [0.2, 0.25) is 0 Å². The lowest BCUT2D eigenvalue weighted by Crippen LogP contribution is -2.28. The van der Waals surface area contributed by atoms with Gasteiger partial charge in [-0.1, -0.05) is 36.2 Å². The molecule has 0 aliphatic carbocycles. The lowest BCUT2D eigenvalue weighted by molar-refractivity contribution is -0.116. The summed E-state index contributed by atoms with van der Waals surface area (Å²) < 4.78 is 0. The van der Waals surface area contributed by atoms with Crippen molar-refractivity contribution in [2.24, 2.45) is 5.92 Å². The van der Waals surface area contributed by atoms with Gasteiger partial charge in [-0.05, 0) is 12.8 Å². The molecule has 1 amide bonds. The second kappa shape index (κ2) is 5.61. The molecule has 5 heteroatoms. The maximum absolute atomic E-state index is 11.7. The van der Waals surface area contributed by atoms with E-state index in [-0.39, 0.29) is 10.7 Å². The average Bonchev–Trinajstić information content (AvgIpc) is 2.61. The van der Waals surface area contributed by atoms with Crippen LogP contribution >= 0.6 is 27.3 Å². The third-order valence-corrected chi connectivity index (χ3v) is 4.44. The van der Waals surface area contributed by atoms with Gasteiger partial charge in [0.05, 0.1) is 10.5 Å². The van der Waals surface area contributed by atoms with Crippen molar-refractivity contribution in [3.05, 3.63) is 11.1 Å². The summed E-state index contributed by atoms with van der Waals surface area (Å²) in [6.45, 7) is 6.03. The van der Waals surface area contributed by atoms with Gasteiger partial charge in [0.1, 0.15) is 0 Å². The van der Waals surface area contributed by atoms with Crippen LogP contribution in [0, 0.1) is 12.8 Å². The van der Waals surface area contributed by atoms with Crippen LogP contribution in [0.3, 0.4) is 0 Å². The zero-order valence-electron chi connectivity index (χ0n) is 9.08. The zero-order chi connectivity index (χ0) is 11.4. The first-order valence-corrected chi connectivity index (χ1v) is 6.71. The highest BCUT2D eigenvalue weighted by molar-refractivity contribution is 9.10. The van der Waals surface area contributed by atoms with Crippen molar-refractivity contribution >= 4 is 38.3 Å². The number of aromatic nitrogens is 1. The smallest absolute Gasteiger partial charge is 0.240 e. The van der Waals surface area contributed by atoms with Crippen molar-refractivity contribution in [1.29, 1.82) is 0 Å². The molecule has 84 valence electrons. The molecule has 0 fully saturated rings. The van der Waals surface area contributed by atoms with E-state index in [0.29, 0.717) is 11.0 Å². The van der Waals surface area contributed by atoms with E-state index in [1.807, 2.05) is 19.2 Å². The average molecular weight is 291 g/mol. The van der Waals surface area contributed by atoms with Crippen LogP contribution in [-0.4, -0.2) is 15.7 Å². The van der Waals surface area contributed by atoms with Gasteiger partial charge < -0.3 is 5.32 Å². The number of rotatable bonds is 4. The number of carbonyl (C=O) groups excluding carboxylic acids is 1. The molecule has 0 radical (unpaired) electrons. The quantitative estimate of drug-likeness (QED) is 0.866. The van der Waals surface area contributed by atoms with Gasteiger partial charge in [0.25, 0.3) is 0 Å². The fourth-order valence-corrected chi connectivity index (χ4v) is 2.23. The van der Waals surface area contributed by atoms with Gasteiger partial charge in [0, 0.05) is 5.38 Å². The third kappa shape index (κ3) is 3.57. The minimum atomic E-state index is -0.147. The first-order valence-electron chi connectivity index (χ1n) is 4.91. The van der Waals surface area contributed by atoms with Gasteiger partial charge in [-0.3, -0.25) is 4.79 Å². The number of hydrogen-bond donors (Lipinski definition) is 1. The molecule has 0 saturated heterocycles. The minimum Gasteiger partial charge on any atom is -0.301 e.